The summed E-state index contributed by atoms with van der Waals surface area (Å²) >= 11 is 0. The second-order valence-corrected chi connectivity index (χ2v) is 8.16. The fourth-order valence-corrected chi connectivity index (χ4v) is 2.99. The van der Waals surface area contributed by atoms with E-state index < -0.39 is 0 Å². The SMILES string of the molecule is CCCOc1ccc(NC(=O)Nc2cccnc2Oc2ccccc2C(C)(C)C)cc1. The second kappa shape index (κ2) is 9.98. The van der Waals surface area contributed by atoms with Crippen molar-refractivity contribution < 1.29 is 14.3 Å². The zero-order valence-corrected chi connectivity index (χ0v) is 18.4. The van der Waals surface area contributed by atoms with Gasteiger partial charge in [0.2, 0.25) is 5.88 Å². The summed E-state index contributed by atoms with van der Waals surface area (Å²) in [6, 6.07) is 18.2. The quantitative estimate of drug-likeness (QED) is 0.452. The number of hydrogen-bond acceptors (Lipinski definition) is 4. The van der Waals surface area contributed by atoms with E-state index in [0.29, 0.717) is 29.6 Å². The monoisotopic (exact) mass is 419 g/mol. The third kappa shape index (κ3) is 6.22. The molecular weight excluding hydrogens is 390 g/mol. The van der Waals surface area contributed by atoms with Crippen LogP contribution in [0.2, 0.25) is 0 Å². The molecule has 0 saturated carbocycles. The molecule has 0 aliphatic carbocycles. The highest BCUT2D eigenvalue weighted by Gasteiger charge is 2.20. The molecule has 2 amide bonds. The average Bonchev–Trinajstić information content (AvgIpc) is 2.74. The van der Waals surface area contributed by atoms with Crippen LogP contribution in [0, 0.1) is 0 Å². The lowest BCUT2D eigenvalue weighted by atomic mass is 9.86. The lowest BCUT2D eigenvalue weighted by molar-refractivity contribution is 0.262. The van der Waals surface area contributed by atoms with Crippen LogP contribution in [0.3, 0.4) is 0 Å². The van der Waals surface area contributed by atoms with Crippen molar-refractivity contribution in [2.24, 2.45) is 0 Å². The minimum atomic E-state index is -0.385. The van der Waals surface area contributed by atoms with Gasteiger partial charge in [0.05, 0.1) is 6.61 Å². The molecule has 1 heterocycles. The Labute approximate surface area is 183 Å². The average molecular weight is 420 g/mol. The molecule has 0 spiro atoms. The number of hydrogen-bond donors (Lipinski definition) is 2. The third-order valence-corrected chi connectivity index (χ3v) is 4.51. The van der Waals surface area contributed by atoms with Gasteiger partial charge in [-0.25, -0.2) is 9.78 Å². The van der Waals surface area contributed by atoms with Crippen molar-refractivity contribution in [1.82, 2.24) is 4.98 Å². The molecule has 0 atom stereocenters. The number of nitrogens with one attached hydrogen (secondary N) is 2. The van der Waals surface area contributed by atoms with E-state index in [1.54, 1.807) is 30.5 Å². The predicted octanol–water partition coefficient (Wildman–Crippen LogP) is 6.60. The van der Waals surface area contributed by atoms with Crippen LogP contribution in [0.4, 0.5) is 16.2 Å². The van der Waals surface area contributed by atoms with E-state index in [0.717, 1.165) is 17.7 Å². The van der Waals surface area contributed by atoms with Crippen LogP contribution in [-0.4, -0.2) is 17.6 Å². The highest BCUT2D eigenvalue weighted by molar-refractivity contribution is 6.00. The number of para-hydroxylation sites is 1. The van der Waals surface area contributed by atoms with Gasteiger partial charge in [-0.1, -0.05) is 45.9 Å². The molecule has 0 radical (unpaired) electrons. The lowest BCUT2D eigenvalue weighted by Crippen LogP contribution is -2.20. The second-order valence-electron chi connectivity index (χ2n) is 8.16. The fraction of sp³-hybridized carbons (Fsp3) is 0.280. The van der Waals surface area contributed by atoms with Gasteiger partial charge in [-0.05, 0) is 54.3 Å². The van der Waals surface area contributed by atoms with E-state index in [4.69, 9.17) is 9.47 Å². The predicted molar refractivity (Wildman–Crippen MR) is 124 cm³/mol. The summed E-state index contributed by atoms with van der Waals surface area (Å²) in [5.41, 5.74) is 2.10. The largest absolute Gasteiger partial charge is 0.494 e. The molecule has 0 bridgehead atoms. The van der Waals surface area contributed by atoms with Crippen LogP contribution in [0.1, 0.15) is 39.7 Å². The van der Waals surface area contributed by atoms with Crippen LogP contribution >= 0.6 is 0 Å². The normalized spacial score (nSPS) is 11.0. The molecular formula is C25H29N3O3. The number of nitrogens with zero attached hydrogens (tertiary/aromatic N) is 1. The molecule has 3 rings (SSSR count). The summed E-state index contributed by atoms with van der Waals surface area (Å²) in [6.07, 6.45) is 2.57. The molecule has 0 saturated heterocycles. The van der Waals surface area contributed by atoms with Crippen molar-refractivity contribution in [3.05, 3.63) is 72.4 Å². The molecule has 3 aromatic rings. The number of rotatable bonds is 7. The Morgan fingerprint density at radius 1 is 0.968 bits per heavy atom. The van der Waals surface area contributed by atoms with Crippen LogP contribution in [0.5, 0.6) is 17.4 Å². The summed E-state index contributed by atoms with van der Waals surface area (Å²) < 4.78 is 11.7. The number of carbonyl (C=O) groups is 1. The number of carbonyl (C=O) groups excluding carboxylic acids is 1. The molecule has 2 N–H and O–H groups in total. The molecule has 0 fully saturated rings. The van der Waals surface area contributed by atoms with Gasteiger partial charge in [-0.15, -0.1) is 0 Å². The molecule has 0 aliphatic rings. The van der Waals surface area contributed by atoms with E-state index in [9.17, 15) is 4.79 Å². The first-order valence-electron chi connectivity index (χ1n) is 10.4. The van der Waals surface area contributed by atoms with E-state index in [1.165, 1.54) is 0 Å². The zero-order valence-electron chi connectivity index (χ0n) is 18.4. The number of benzene rings is 2. The van der Waals surface area contributed by atoms with Crippen LogP contribution in [0.25, 0.3) is 0 Å². The number of amides is 2. The van der Waals surface area contributed by atoms with Crippen molar-refractivity contribution in [1.29, 1.82) is 0 Å². The molecule has 0 aliphatic heterocycles. The van der Waals surface area contributed by atoms with Gasteiger partial charge in [0.15, 0.2) is 0 Å². The number of ether oxygens (including phenoxy) is 2. The van der Waals surface area contributed by atoms with Crippen molar-refractivity contribution in [3.63, 3.8) is 0 Å². The maximum atomic E-state index is 12.5. The smallest absolute Gasteiger partial charge is 0.323 e. The lowest BCUT2D eigenvalue weighted by Gasteiger charge is -2.22. The molecule has 162 valence electrons. The van der Waals surface area contributed by atoms with E-state index in [1.807, 2.05) is 36.4 Å². The Kier molecular flexibility index (Phi) is 7.13. The van der Waals surface area contributed by atoms with E-state index in [2.05, 4.69) is 43.3 Å². The Balaban J connectivity index is 1.71. The van der Waals surface area contributed by atoms with Crippen LogP contribution in [-0.2, 0) is 5.41 Å². The Bertz CT molecular complexity index is 1010. The molecule has 6 heteroatoms. The minimum Gasteiger partial charge on any atom is -0.494 e. The van der Waals surface area contributed by atoms with Crippen molar-refractivity contribution in [3.8, 4) is 17.4 Å². The Morgan fingerprint density at radius 3 is 2.42 bits per heavy atom. The first-order valence-corrected chi connectivity index (χ1v) is 10.4. The Morgan fingerprint density at radius 2 is 1.71 bits per heavy atom. The summed E-state index contributed by atoms with van der Waals surface area (Å²) in [5, 5.41) is 5.63. The summed E-state index contributed by atoms with van der Waals surface area (Å²) in [6.45, 7) is 9.09. The zero-order chi connectivity index (χ0) is 22.3. The summed E-state index contributed by atoms with van der Waals surface area (Å²) in [7, 11) is 0. The Hall–Kier alpha value is -3.54. The third-order valence-electron chi connectivity index (χ3n) is 4.51. The summed E-state index contributed by atoms with van der Waals surface area (Å²) in [4.78, 5) is 16.8. The molecule has 2 aromatic carbocycles. The molecule has 31 heavy (non-hydrogen) atoms. The first-order chi connectivity index (χ1) is 14.9. The van der Waals surface area contributed by atoms with Gasteiger partial charge in [-0.3, -0.25) is 0 Å². The number of pyridine rings is 1. The first kappa shape index (κ1) is 22.2. The van der Waals surface area contributed by atoms with Gasteiger partial charge in [0, 0.05) is 17.4 Å². The van der Waals surface area contributed by atoms with Gasteiger partial charge in [-0.2, -0.15) is 0 Å². The van der Waals surface area contributed by atoms with Crippen molar-refractivity contribution >= 4 is 17.4 Å². The topological polar surface area (TPSA) is 72.5 Å². The van der Waals surface area contributed by atoms with Gasteiger partial charge < -0.3 is 20.1 Å². The number of anilines is 2. The van der Waals surface area contributed by atoms with Crippen molar-refractivity contribution in [2.45, 2.75) is 39.5 Å². The van der Waals surface area contributed by atoms with Gasteiger partial charge in [0.25, 0.3) is 0 Å². The van der Waals surface area contributed by atoms with Crippen LogP contribution in [0.15, 0.2) is 66.9 Å². The van der Waals surface area contributed by atoms with E-state index in [-0.39, 0.29) is 11.4 Å². The van der Waals surface area contributed by atoms with Crippen molar-refractivity contribution in [2.75, 3.05) is 17.2 Å². The molecule has 6 nitrogen and oxygen atoms in total. The highest BCUT2D eigenvalue weighted by atomic mass is 16.5. The molecule has 1 aromatic heterocycles. The fourth-order valence-electron chi connectivity index (χ4n) is 2.99. The van der Waals surface area contributed by atoms with Crippen LogP contribution < -0.4 is 20.1 Å². The number of urea groups is 1. The molecule has 0 unspecified atom stereocenters. The minimum absolute atomic E-state index is 0.0939. The van der Waals surface area contributed by atoms with E-state index >= 15 is 0 Å². The maximum Gasteiger partial charge on any atom is 0.323 e. The maximum absolute atomic E-state index is 12.5. The van der Waals surface area contributed by atoms with Gasteiger partial charge in [0.1, 0.15) is 17.2 Å². The highest BCUT2D eigenvalue weighted by Crippen LogP contribution is 2.35. The van der Waals surface area contributed by atoms with Gasteiger partial charge >= 0.3 is 6.03 Å². The summed E-state index contributed by atoms with van der Waals surface area (Å²) in [5.74, 6) is 1.81. The standard InChI is InChI=1S/C25H29N3O3/c1-5-17-30-19-14-12-18(13-15-19)27-24(29)28-21-10-8-16-26-23(21)31-22-11-7-6-9-20(22)25(2,3)4/h6-16H,5,17H2,1-4H3,(H2,27,28,29). The number of aromatic nitrogens is 1.